The van der Waals surface area contributed by atoms with E-state index in [1.54, 1.807) is 0 Å². The van der Waals surface area contributed by atoms with E-state index >= 15 is 0 Å². The normalized spacial score (nSPS) is 22.0. The zero-order chi connectivity index (χ0) is 17.9. The Bertz CT molecular complexity index is 590. The van der Waals surface area contributed by atoms with Crippen molar-refractivity contribution in [1.82, 2.24) is 10.2 Å². The molecule has 0 radical (unpaired) electrons. The number of nitrogens with one attached hydrogen (secondary N) is 1. The fraction of sp³-hybridized carbons (Fsp3) is 0.650. The lowest BCUT2D eigenvalue weighted by molar-refractivity contribution is 0.0520. The molecule has 5 nitrogen and oxygen atoms in total. The first-order chi connectivity index (χ1) is 12.1. The molecule has 3 rings (SSSR count). The maximum Gasteiger partial charge on any atom is 0.317 e. The van der Waals surface area contributed by atoms with Crippen molar-refractivity contribution in [2.75, 3.05) is 37.7 Å². The average molecular weight is 345 g/mol. The number of hydrogen-bond donors (Lipinski definition) is 2. The van der Waals surface area contributed by atoms with E-state index in [0.29, 0.717) is 12.6 Å². The number of likely N-dealkylation sites (tertiary alicyclic amines) is 1. The number of benzene rings is 1. The van der Waals surface area contributed by atoms with Crippen molar-refractivity contribution >= 4 is 11.7 Å². The van der Waals surface area contributed by atoms with Crippen LogP contribution in [0.2, 0.25) is 0 Å². The van der Waals surface area contributed by atoms with E-state index in [1.807, 2.05) is 4.90 Å². The summed E-state index contributed by atoms with van der Waals surface area (Å²) in [6.07, 6.45) is 3.84. The Morgan fingerprint density at radius 2 is 2.04 bits per heavy atom. The van der Waals surface area contributed by atoms with Gasteiger partial charge in [0.2, 0.25) is 0 Å². The third kappa shape index (κ3) is 3.76. The number of urea groups is 1. The van der Waals surface area contributed by atoms with Crippen molar-refractivity contribution in [2.24, 2.45) is 5.41 Å². The summed E-state index contributed by atoms with van der Waals surface area (Å²) in [6, 6.07) is 9.05. The maximum absolute atomic E-state index is 12.4. The number of anilines is 1. The van der Waals surface area contributed by atoms with E-state index in [4.69, 9.17) is 0 Å². The van der Waals surface area contributed by atoms with Crippen LogP contribution in [0.1, 0.15) is 38.7 Å². The van der Waals surface area contributed by atoms with Gasteiger partial charge in [-0.3, -0.25) is 0 Å². The van der Waals surface area contributed by atoms with E-state index in [-0.39, 0.29) is 18.1 Å². The number of carbonyl (C=O) groups excluding carboxylic acids is 1. The second kappa shape index (κ2) is 7.65. The highest BCUT2D eigenvalue weighted by Gasteiger charge is 2.34. The highest BCUT2D eigenvalue weighted by atomic mass is 16.3. The van der Waals surface area contributed by atoms with Gasteiger partial charge in [0.1, 0.15) is 0 Å². The Balaban J connectivity index is 1.46. The molecular formula is C20H31N3O2. The fourth-order valence-electron chi connectivity index (χ4n) is 4.17. The largest absolute Gasteiger partial charge is 0.396 e. The highest BCUT2D eigenvalue weighted by Crippen LogP contribution is 2.34. The number of piperidine rings is 1. The van der Waals surface area contributed by atoms with Crippen LogP contribution in [0.5, 0.6) is 0 Å². The smallest absolute Gasteiger partial charge is 0.317 e. The molecule has 5 heteroatoms. The molecular weight excluding hydrogens is 314 g/mol. The Morgan fingerprint density at radius 3 is 2.72 bits per heavy atom. The second-order valence-corrected chi connectivity index (χ2v) is 7.61. The van der Waals surface area contributed by atoms with Crippen molar-refractivity contribution < 1.29 is 9.90 Å². The molecule has 0 aromatic heterocycles. The molecule has 1 fully saturated rings. The van der Waals surface area contributed by atoms with Gasteiger partial charge in [0.05, 0.1) is 0 Å². The topological polar surface area (TPSA) is 55.8 Å². The van der Waals surface area contributed by atoms with Gasteiger partial charge in [-0.05, 0) is 49.7 Å². The quantitative estimate of drug-likeness (QED) is 0.862. The predicted molar refractivity (Wildman–Crippen MR) is 101 cm³/mol. The molecule has 2 aliphatic heterocycles. The van der Waals surface area contributed by atoms with Gasteiger partial charge >= 0.3 is 6.03 Å². The average Bonchev–Trinajstić information content (AvgIpc) is 2.97. The molecule has 1 aromatic carbocycles. The number of aliphatic hydroxyl groups excluding tert-OH is 1. The first-order valence-electron chi connectivity index (χ1n) is 9.57. The zero-order valence-electron chi connectivity index (χ0n) is 15.5. The number of aliphatic hydroxyl groups is 1. The second-order valence-electron chi connectivity index (χ2n) is 7.61. The summed E-state index contributed by atoms with van der Waals surface area (Å²) in [5.41, 5.74) is 2.72. The van der Waals surface area contributed by atoms with Crippen LogP contribution in [-0.4, -0.2) is 54.9 Å². The predicted octanol–water partition coefficient (Wildman–Crippen LogP) is 2.63. The number of para-hydroxylation sites is 1. The van der Waals surface area contributed by atoms with E-state index in [9.17, 15) is 9.90 Å². The van der Waals surface area contributed by atoms with Gasteiger partial charge in [-0.15, -0.1) is 0 Å². The van der Waals surface area contributed by atoms with Crippen LogP contribution in [0, 0.1) is 5.41 Å². The van der Waals surface area contributed by atoms with Gasteiger partial charge in [-0.2, -0.15) is 0 Å². The number of nitrogens with zero attached hydrogens (tertiary/aromatic N) is 2. The lowest BCUT2D eigenvalue weighted by Crippen LogP contribution is -2.49. The van der Waals surface area contributed by atoms with Crippen LogP contribution in [0.3, 0.4) is 0 Å². The molecule has 1 saturated heterocycles. The third-order valence-electron chi connectivity index (χ3n) is 6.17. The fourth-order valence-corrected chi connectivity index (χ4v) is 4.17. The Labute approximate surface area is 151 Å². The van der Waals surface area contributed by atoms with Crippen molar-refractivity contribution in [1.29, 1.82) is 0 Å². The van der Waals surface area contributed by atoms with Gasteiger partial charge in [0.15, 0.2) is 0 Å². The number of amides is 2. The van der Waals surface area contributed by atoms with Crippen molar-refractivity contribution in [3.63, 3.8) is 0 Å². The number of hydrogen-bond acceptors (Lipinski definition) is 3. The van der Waals surface area contributed by atoms with Crippen LogP contribution in [-0.2, 0) is 6.42 Å². The van der Waals surface area contributed by atoms with Gasteiger partial charge in [0, 0.05) is 44.5 Å². The Morgan fingerprint density at radius 1 is 1.32 bits per heavy atom. The van der Waals surface area contributed by atoms with E-state index in [2.05, 4.69) is 48.3 Å². The minimum atomic E-state index is 0.0193. The summed E-state index contributed by atoms with van der Waals surface area (Å²) in [5.74, 6) is 0. The summed E-state index contributed by atoms with van der Waals surface area (Å²) >= 11 is 0. The molecule has 0 saturated carbocycles. The summed E-state index contributed by atoms with van der Waals surface area (Å²) in [4.78, 5) is 16.7. The third-order valence-corrected chi connectivity index (χ3v) is 6.17. The van der Waals surface area contributed by atoms with E-state index in [1.165, 1.54) is 11.3 Å². The SMILES string of the molecule is CCC1(CO)CCN(C(=O)NCCN2c3ccccc3CC2C)CC1. The monoisotopic (exact) mass is 345 g/mol. The molecule has 25 heavy (non-hydrogen) atoms. The van der Waals surface area contributed by atoms with Crippen molar-refractivity contribution in [3.05, 3.63) is 29.8 Å². The van der Waals surface area contributed by atoms with Crippen LogP contribution in [0.25, 0.3) is 0 Å². The minimum absolute atomic E-state index is 0.0193. The molecule has 1 aromatic rings. The number of rotatable bonds is 5. The molecule has 1 unspecified atom stereocenters. The van der Waals surface area contributed by atoms with Crippen LogP contribution < -0.4 is 10.2 Å². The standard InChI is InChI=1S/C20H31N3O2/c1-3-20(15-24)8-11-22(12-9-20)19(25)21-10-13-23-16(2)14-17-6-4-5-7-18(17)23/h4-7,16,24H,3,8-15H2,1-2H3,(H,21,25). The van der Waals surface area contributed by atoms with Crippen LogP contribution in [0.4, 0.5) is 10.5 Å². The summed E-state index contributed by atoms with van der Waals surface area (Å²) in [5, 5.41) is 12.7. The first kappa shape index (κ1) is 18.1. The van der Waals surface area contributed by atoms with E-state index < -0.39 is 0 Å². The summed E-state index contributed by atoms with van der Waals surface area (Å²) in [7, 11) is 0. The van der Waals surface area contributed by atoms with Gasteiger partial charge < -0.3 is 20.2 Å². The summed E-state index contributed by atoms with van der Waals surface area (Å²) in [6.45, 7) is 7.57. The van der Waals surface area contributed by atoms with Crippen LogP contribution in [0.15, 0.2) is 24.3 Å². The molecule has 2 aliphatic rings. The molecule has 2 N–H and O–H groups in total. The maximum atomic E-state index is 12.4. The molecule has 2 heterocycles. The van der Waals surface area contributed by atoms with Crippen molar-refractivity contribution in [3.8, 4) is 0 Å². The van der Waals surface area contributed by atoms with Crippen LogP contribution >= 0.6 is 0 Å². The minimum Gasteiger partial charge on any atom is -0.396 e. The molecule has 2 amide bonds. The summed E-state index contributed by atoms with van der Waals surface area (Å²) < 4.78 is 0. The Kier molecular flexibility index (Phi) is 5.52. The lowest BCUT2D eigenvalue weighted by Gasteiger charge is -2.40. The van der Waals surface area contributed by atoms with Gasteiger partial charge in [-0.1, -0.05) is 25.1 Å². The van der Waals surface area contributed by atoms with Gasteiger partial charge in [0.25, 0.3) is 0 Å². The molecule has 138 valence electrons. The van der Waals surface area contributed by atoms with Crippen molar-refractivity contribution in [2.45, 2.75) is 45.6 Å². The Hall–Kier alpha value is -1.75. The van der Waals surface area contributed by atoms with Gasteiger partial charge in [-0.25, -0.2) is 4.79 Å². The highest BCUT2D eigenvalue weighted by molar-refractivity contribution is 5.74. The molecule has 0 spiro atoms. The molecule has 1 atom stereocenters. The molecule has 0 aliphatic carbocycles. The lowest BCUT2D eigenvalue weighted by atomic mass is 9.77. The first-order valence-corrected chi connectivity index (χ1v) is 9.57. The number of fused-ring (bicyclic) bond motifs is 1. The van der Waals surface area contributed by atoms with E-state index in [0.717, 1.165) is 45.3 Å². The molecule has 0 bridgehead atoms. The zero-order valence-corrected chi connectivity index (χ0v) is 15.5. The number of carbonyl (C=O) groups is 1.